The Bertz CT molecular complexity index is 340. The van der Waals surface area contributed by atoms with Gasteiger partial charge in [-0.3, -0.25) is 0 Å². The van der Waals surface area contributed by atoms with Crippen molar-refractivity contribution in [2.75, 3.05) is 13.2 Å². The standard InChI is InChI=1S/C12H14F2O2/c13-12(14)10(6-15)11(12)8-16-7-9-4-2-1-3-5-9/h1-5,10-11,15H,6-8H2. The van der Waals surface area contributed by atoms with Crippen molar-refractivity contribution in [3.63, 3.8) is 0 Å². The molecule has 1 aliphatic carbocycles. The van der Waals surface area contributed by atoms with Crippen LogP contribution in [0.5, 0.6) is 0 Å². The molecule has 1 aromatic rings. The highest BCUT2D eigenvalue weighted by Gasteiger charge is 2.67. The Kier molecular flexibility index (Phi) is 3.21. The average molecular weight is 228 g/mol. The number of ether oxygens (including phenoxy) is 1. The summed E-state index contributed by atoms with van der Waals surface area (Å²) in [6, 6.07) is 9.41. The summed E-state index contributed by atoms with van der Waals surface area (Å²) in [4.78, 5) is 0. The Labute approximate surface area is 92.9 Å². The van der Waals surface area contributed by atoms with Crippen molar-refractivity contribution in [2.45, 2.75) is 12.5 Å². The topological polar surface area (TPSA) is 29.5 Å². The minimum atomic E-state index is -2.74. The van der Waals surface area contributed by atoms with E-state index in [0.717, 1.165) is 5.56 Å². The molecule has 0 heterocycles. The van der Waals surface area contributed by atoms with E-state index in [9.17, 15) is 8.78 Å². The molecule has 0 saturated heterocycles. The fourth-order valence-electron chi connectivity index (χ4n) is 1.81. The minimum absolute atomic E-state index is 0.00706. The number of aliphatic hydroxyl groups excluding tert-OH is 1. The van der Waals surface area contributed by atoms with Gasteiger partial charge in [-0.15, -0.1) is 0 Å². The molecule has 2 atom stereocenters. The second-order valence-electron chi connectivity index (χ2n) is 4.07. The molecule has 88 valence electrons. The lowest BCUT2D eigenvalue weighted by atomic mass is 10.2. The molecule has 16 heavy (non-hydrogen) atoms. The van der Waals surface area contributed by atoms with Gasteiger partial charge in [-0.2, -0.15) is 0 Å². The highest BCUT2D eigenvalue weighted by Crippen LogP contribution is 2.54. The molecule has 1 N–H and O–H groups in total. The normalized spacial score (nSPS) is 26.7. The molecule has 4 heteroatoms. The van der Waals surface area contributed by atoms with Gasteiger partial charge in [-0.1, -0.05) is 30.3 Å². The number of halogens is 2. The van der Waals surface area contributed by atoms with Gasteiger partial charge in [0, 0.05) is 0 Å². The summed E-state index contributed by atoms with van der Waals surface area (Å²) in [7, 11) is 0. The van der Waals surface area contributed by atoms with E-state index in [1.54, 1.807) is 0 Å². The molecule has 0 aromatic heterocycles. The maximum atomic E-state index is 12.9. The zero-order valence-electron chi connectivity index (χ0n) is 8.77. The lowest BCUT2D eigenvalue weighted by molar-refractivity contribution is 0.0435. The van der Waals surface area contributed by atoms with E-state index in [4.69, 9.17) is 9.84 Å². The number of hydrogen-bond donors (Lipinski definition) is 1. The van der Waals surface area contributed by atoms with E-state index < -0.39 is 24.4 Å². The third-order valence-corrected chi connectivity index (χ3v) is 2.97. The molecular weight excluding hydrogens is 214 g/mol. The van der Waals surface area contributed by atoms with Crippen molar-refractivity contribution in [3.05, 3.63) is 35.9 Å². The van der Waals surface area contributed by atoms with E-state index in [1.807, 2.05) is 30.3 Å². The molecule has 0 aliphatic heterocycles. The fourth-order valence-corrected chi connectivity index (χ4v) is 1.81. The van der Waals surface area contributed by atoms with Gasteiger partial charge in [-0.05, 0) is 5.56 Å². The van der Waals surface area contributed by atoms with Crippen molar-refractivity contribution in [1.29, 1.82) is 0 Å². The lowest BCUT2D eigenvalue weighted by Gasteiger charge is -2.03. The molecule has 1 aliphatic rings. The molecule has 2 rings (SSSR count). The number of hydrogen-bond acceptors (Lipinski definition) is 2. The number of benzene rings is 1. The van der Waals surface area contributed by atoms with Gasteiger partial charge >= 0.3 is 0 Å². The highest BCUT2D eigenvalue weighted by atomic mass is 19.3. The Morgan fingerprint density at radius 2 is 1.88 bits per heavy atom. The van der Waals surface area contributed by atoms with Gasteiger partial charge in [0.15, 0.2) is 0 Å². The summed E-state index contributed by atoms with van der Waals surface area (Å²) >= 11 is 0. The van der Waals surface area contributed by atoms with Crippen LogP contribution in [0.15, 0.2) is 30.3 Å². The molecule has 0 amide bonds. The largest absolute Gasteiger partial charge is 0.396 e. The van der Waals surface area contributed by atoms with E-state index >= 15 is 0 Å². The van der Waals surface area contributed by atoms with Crippen molar-refractivity contribution in [3.8, 4) is 0 Å². The first-order valence-corrected chi connectivity index (χ1v) is 5.26. The summed E-state index contributed by atoms with van der Waals surface area (Å²) in [5.74, 6) is -4.48. The van der Waals surface area contributed by atoms with Gasteiger partial charge in [-0.25, -0.2) is 8.78 Å². The molecule has 1 saturated carbocycles. The van der Waals surface area contributed by atoms with Crippen LogP contribution in [0.2, 0.25) is 0 Å². The predicted octanol–water partition coefficient (Wildman–Crippen LogP) is 2.08. The van der Waals surface area contributed by atoms with E-state index in [1.165, 1.54) is 0 Å². The maximum Gasteiger partial charge on any atom is 0.259 e. The van der Waals surface area contributed by atoms with Crippen LogP contribution in [0, 0.1) is 11.8 Å². The molecule has 0 bridgehead atoms. The SMILES string of the molecule is OCC1C(COCc2ccccc2)C1(F)F. The molecular formula is C12H14F2O2. The van der Waals surface area contributed by atoms with Gasteiger partial charge in [0.05, 0.1) is 31.7 Å². The molecule has 0 spiro atoms. The minimum Gasteiger partial charge on any atom is -0.396 e. The quantitative estimate of drug-likeness (QED) is 0.836. The smallest absolute Gasteiger partial charge is 0.259 e. The first-order chi connectivity index (χ1) is 7.66. The van der Waals surface area contributed by atoms with Crippen molar-refractivity contribution in [2.24, 2.45) is 11.8 Å². The predicted molar refractivity (Wildman–Crippen MR) is 55.1 cm³/mol. The molecule has 1 fully saturated rings. The van der Waals surface area contributed by atoms with Gasteiger partial charge < -0.3 is 9.84 Å². The summed E-state index contributed by atoms with van der Waals surface area (Å²) in [5, 5.41) is 8.69. The van der Waals surface area contributed by atoms with Crippen molar-refractivity contribution >= 4 is 0 Å². The van der Waals surface area contributed by atoms with E-state index in [-0.39, 0.29) is 6.61 Å². The van der Waals surface area contributed by atoms with Crippen LogP contribution < -0.4 is 0 Å². The Hall–Kier alpha value is -1.00. The molecule has 2 nitrogen and oxygen atoms in total. The van der Waals surface area contributed by atoms with Crippen LogP contribution >= 0.6 is 0 Å². The molecule has 1 aromatic carbocycles. The number of rotatable bonds is 5. The fraction of sp³-hybridized carbons (Fsp3) is 0.500. The zero-order chi connectivity index (χ0) is 11.6. The highest BCUT2D eigenvalue weighted by molar-refractivity contribution is 5.13. The van der Waals surface area contributed by atoms with Crippen LogP contribution in [0.4, 0.5) is 8.78 Å². The average Bonchev–Trinajstić information content (AvgIpc) is 2.81. The summed E-state index contributed by atoms with van der Waals surface area (Å²) in [5.41, 5.74) is 0.965. The zero-order valence-corrected chi connectivity index (χ0v) is 8.77. The molecule has 0 radical (unpaired) electrons. The Morgan fingerprint density at radius 3 is 2.44 bits per heavy atom. The summed E-state index contributed by atoms with van der Waals surface area (Å²) < 4.78 is 31.1. The first kappa shape index (κ1) is 11.5. The van der Waals surface area contributed by atoms with Crippen molar-refractivity contribution in [1.82, 2.24) is 0 Å². The van der Waals surface area contributed by atoms with E-state index in [0.29, 0.717) is 6.61 Å². The van der Waals surface area contributed by atoms with Crippen LogP contribution in [0.1, 0.15) is 5.56 Å². The Morgan fingerprint density at radius 1 is 1.19 bits per heavy atom. The van der Waals surface area contributed by atoms with Crippen LogP contribution in [-0.2, 0) is 11.3 Å². The van der Waals surface area contributed by atoms with Gasteiger partial charge in [0.25, 0.3) is 5.92 Å². The van der Waals surface area contributed by atoms with Crippen LogP contribution in [-0.4, -0.2) is 24.2 Å². The van der Waals surface area contributed by atoms with Crippen LogP contribution in [0.25, 0.3) is 0 Å². The monoisotopic (exact) mass is 228 g/mol. The molecule has 2 unspecified atom stereocenters. The van der Waals surface area contributed by atoms with Crippen LogP contribution in [0.3, 0.4) is 0 Å². The Balaban J connectivity index is 1.74. The first-order valence-electron chi connectivity index (χ1n) is 5.26. The van der Waals surface area contributed by atoms with Crippen molar-refractivity contribution < 1.29 is 18.6 Å². The van der Waals surface area contributed by atoms with Gasteiger partial charge in [0.1, 0.15) is 0 Å². The third kappa shape index (κ3) is 2.23. The number of alkyl halides is 2. The second kappa shape index (κ2) is 4.47. The number of aliphatic hydroxyl groups is 1. The van der Waals surface area contributed by atoms with E-state index in [2.05, 4.69) is 0 Å². The van der Waals surface area contributed by atoms with Gasteiger partial charge in [0.2, 0.25) is 0 Å². The third-order valence-electron chi connectivity index (χ3n) is 2.97. The lowest BCUT2D eigenvalue weighted by Crippen LogP contribution is -2.03. The summed E-state index contributed by atoms with van der Waals surface area (Å²) in [6.45, 7) is -0.120. The second-order valence-corrected chi connectivity index (χ2v) is 4.07. The maximum absolute atomic E-state index is 12.9. The summed E-state index contributed by atoms with van der Waals surface area (Å²) in [6.07, 6.45) is 0.